The minimum Gasteiger partial charge on any atom is -0.319 e. The van der Waals surface area contributed by atoms with Crippen LogP contribution in [0.25, 0.3) is 0 Å². The molecule has 1 atom stereocenters. The van der Waals surface area contributed by atoms with Crippen LogP contribution in [0.2, 0.25) is 0 Å². The van der Waals surface area contributed by atoms with E-state index in [9.17, 15) is 24.5 Å². The Morgan fingerprint density at radius 1 is 1.27 bits per heavy atom. The van der Waals surface area contributed by atoms with E-state index >= 15 is 0 Å². The smallest absolute Gasteiger partial charge is 0.319 e. The molecule has 1 aliphatic heterocycles. The van der Waals surface area contributed by atoms with Crippen molar-refractivity contribution >= 4 is 50.7 Å². The van der Waals surface area contributed by atoms with Gasteiger partial charge in [-0.1, -0.05) is 0 Å². The third-order valence-electron chi connectivity index (χ3n) is 4.08. The first-order valence-electron chi connectivity index (χ1n) is 7.40. The highest BCUT2D eigenvalue weighted by atomic mass is 79.9. The van der Waals surface area contributed by atoms with Crippen LogP contribution in [-0.4, -0.2) is 34.1 Å². The number of thiophene rings is 1. The molecular formula is C16H12BrN3O5S. The summed E-state index contributed by atoms with van der Waals surface area (Å²) in [5, 5.41) is 13.3. The highest BCUT2D eigenvalue weighted by Gasteiger charge is 2.49. The standard InChI is InChI=1S/C16H12BrN3O5S/c1-16(9-2-4-10(5-3-9)20(24)25)14(22)19(15(23)18-16)8-11(21)12-6-7-13(17)26-12/h2-7H,8H2,1H3,(H,18,23). The van der Waals surface area contributed by atoms with Crippen LogP contribution in [0.15, 0.2) is 40.2 Å². The molecule has 10 heteroatoms. The Balaban J connectivity index is 1.83. The SMILES string of the molecule is CC1(c2ccc([N+](=O)[O-])cc2)NC(=O)N(CC(=O)c2ccc(Br)s2)C1=O. The van der Waals surface area contributed by atoms with E-state index in [0.717, 1.165) is 8.69 Å². The molecule has 3 amide bonds. The lowest BCUT2D eigenvalue weighted by Crippen LogP contribution is -2.41. The van der Waals surface area contributed by atoms with Gasteiger partial charge in [0, 0.05) is 12.1 Å². The van der Waals surface area contributed by atoms with Crippen LogP contribution in [0.4, 0.5) is 10.5 Å². The summed E-state index contributed by atoms with van der Waals surface area (Å²) in [6.45, 7) is 1.13. The number of imide groups is 1. The number of benzene rings is 1. The number of carbonyl (C=O) groups is 3. The molecule has 8 nitrogen and oxygen atoms in total. The average molecular weight is 438 g/mol. The molecule has 0 saturated carbocycles. The second-order valence-electron chi connectivity index (χ2n) is 5.78. The Labute approximate surface area is 160 Å². The van der Waals surface area contributed by atoms with Crippen molar-refractivity contribution in [2.75, 3.05) is 6.54 Å². The third-order valence-corrected chi connectivity index (χ3v) is 5.74. The minimum atomic E-state index is -1.39. The Bertz CT molecular complexity index is 926. The molecule has 0 radical (unpaired) electrons. The van der Waals surface area contributed by atoms with Gasteiger partial charge in [-0.3, -0.25) is 24.6 Å². The normalized spacial score (nSPS) is 19.5. The number of hydrogen-bond donors (Lipinski definition) is 1. The van der Waals surface area contributed by atoms with E-state index in [-0.39, 0.29) is 18.0 Å². The number of hydrogen-bond acceptors (Lipinski definition) is 6. The number of nitrogens with one attached hydrogen (secondary N) is 1. The van der Waals surface area contributed by atoms with Crippen molar-refractivity contribution in [1.82, 2.24) is 10.2 Å². The maximum absolute atomic E-state index is 12.8. The van der Waals surface area contributed by atoms with Crippen molar-refractivity contribution in [2.24, 2.45) is 0 Å². The predicted octanol–water partition coefficient (Wildman–Crippen LogP) is 3.07. The van der Waals surface area contributed by atoms with Gasteiger partial charge in [0.15, 0.2) is 5.78 Å². The van der Waals surface area contributed by atoms with Crippen molar-refractivity contribution in [3.8, 4) is 0 Å². The molecule has 2 aromatic rings. The first-order chi connectivity index (χ1) is 12.2. The van der Waals surface area contributed by atoms with Crippen LogP contribution in [0.3, 0.4) is 0 Å². The molecule has 1 saturated heterocycles. The maximum Gasteiger partial charge on any atom is 0.325 e. The molecule has 3 rings (SSSR count). The number of ketones is 1. The first-order valence-corrected chi connectivity index (χ1v) is 9.01. The minimum absolute atomic E-state index is 0.121. The summed E-state index contributed by atoms with van der Waals surface area (Å²) in [6.07, 6.45) is 0. The summed E-state index contributed by atoms with van der Waals surface area (Å²) >= 11 is 4.48. The van der Waals surface area contributed by atoms with Crippen molar-refractivity contribution < 1.29 is 19.3 Å². The fraction of sp³-hybridized carbons (Fsp3) is 0.188. The topological polar surface area (TPSA) is 110 Å². The highest BCUT2D eigenvalue weighted by molar-refractivity contribution is 9.11. The molecule has 0 bridgehead atoms. The maximum atomic E-state index is 12.8. The number of halogens is 1. The van der Waals surface area contributed by atoms with E-state index in [1.165, 1.54) is 42.5 Å². The Morgan fingerprint density at radius 2 is 1.92 bits per heavy atom. The molecule has 1 aromatic carbocycles. The molecule has 1 unspecified atom stereocenters. The fourth-order valence-corrected chi connectivity index (χ4v) is 3.95. The number of nitro benzene ring substituents is 1. The van der Waals surface area contributed by atoms with Crippen molar-refractivity contribution in [2.45, 2.75) is 12.5 Å². The monoisotopic (exact) mass is 437 g/mol. The number of rotatable bonds is 5. The highest BCUT2D eigenvalue weighted by Crippen LogP contribution is 2.30. The number of nitro groups is 1. The zero-order valence-electron chi connectivity index (χ0n) is 13.4. The van der Waals surface area contributed by atoms with Crippen LogP contribution in [0.5, 0.6) is 0 Å². The molecule has 1 aromatic heterocycles. The first kappa shape index (κ1) is 18.2. The molecular weight excluding hydrogens is 426 g/mol. The second-order valence-corrected chi connectivity index (χ2v) is 8.24. The predicted molar refractivity (Wildman–Crippen MR) is 97.0 cm³/mol. The number of non-ortho nitro benzene ring substituents is 1. The molecule has 1 fully saturated rings. The summed E-state index contributed by atoms with van der Waals surface area (Å²) in [6, 6.07) is 8.00. The lowest BCUT2D eigenvalue weighted by molar-refractivity contribution is -0.384. The number of urea groups is 1. The van der Waals surface area contributed by atoms with Crippen LogP contribution >= 0.6 is 27.3 Å². The third kappa shape index (κ3) is 3.13. The Morgan fingerprint density at radius 3 is 2.46 bits per heavy atom. The van der Waals surface area contributed by atoms with Gasteiger partial charge in [-0.15, -0.1) is 11.3 Å². The summed E-state index contributed by atoms with van der Waals surface area (Å²) in [5.74, 6) is -0.933. The molecule has 26 heavy (non-hydrogen) atoms. The van der Waals surface area contributed by atoms with Gasteiger partial charge >= 0.3 is 6.03 Å². The fourth-order valence-electron chi connectivity index (χ4n) is 2.64. The molecule has 134 valence electrons. The van der Waals surface area contributed by atoms with E-state index in [1.54, 1.807) is 12.1 Å². The van der Waals surface area contributed by atoms with Gasteiger partial charge in [-0.05, 0) is 52.7 Å². The lowest BCUT2D eigenvalue weighted by atomic mass is 9.92. The Kier molecular flexibility index (Phi) is 4.63. The zero-order valence-corrected chi connectivity index (χ0v) is 15.8. The molecule has 1 aliphatic rings. The molecule has 2 heterocycles. The van der Waals surface area contributed by atoms with Gasteiger partial charge in [0.1, 0.15) is 5.54 Å². The van der Waals surface area contributed by atoms with Crippen LogP contribution in [0, 0.1) is 10.1 Å². The number of nitrogens with zero attached hydrogens (tertiary/aromatic N) is 2. The van der Waals surface area contributed by atoms with Crippen molar-refractivity contribution in [3.05, 3.63) is 60.7 Å². The van der Waals surface area contributed by atoms with Crippen LogP contribution < -0.4 is 5.32 Å². The largest absolute Gasteiger partial charge is 0.325 e. The number of Topliss-reactive ketones (excluding diaryl/α,β-unsaturated/α-hetero) is 1. The van der Waals surface area contributed by atoms with E-state index in [1.807, 2.05) is 0 Å². The van der Waals surface area contributed by atoms with Gasteiger partial charge in [-0.25, -0.2) is 4.79 Å². The zero-order chi connectivity index (χ0) is 19.1. The van der Waals surface area contributed by atoms with Gasteiger partial charge in [-0.2, -0.15) is 0 Å². The Hall–Kier alpha value is -2.59. The van der Waals surface area contributed by atoms with Crippen molar-refractivity contribution in [1.29, 1.82) is 0 Å². The molecule has 0 aliphatic carbocycles. The van der Waals surface area contributed by atoms with Gasteiger partial charge in [0.2, 0.25) is 0 Å². The summed E-state index contributed by atoms with van der Waals surface area (Å²) < 4.78 is 0.772. The van der Waals surface area contributed by atoms with E-state index in [4.69, 9.17) is 0 Å². The summed E-state index contributed by atoms with van der Waals surface area (Å²) in [7, 11) is 0. The van der Waals surface area contributed by atoms with Gasteiger partial charge < -0.3 is 5.32 Å². The quantitative estimate of drug-likeness (QED) is 0.334. The summed E-state index contributed by atoms with van der Waals surface area (Å²) in [5.41, 5.74) is -1.11. The van der Waals surface area contributed by atoms with E-state index < -0.39 is 22.4 Å². The average Bonchev–Trinajstić information content (AvgIpc) is 3.13. The van der Waals surface area contributed by atoms with Gasteiger partial charge in [0.25, 0.3) is 11.6 Å². The molecule has 0 spiro atoms. The number of carbonyl (C=O) groups excluding carboxylic acids is 3. The van der Waals surface area contributed by atoms with Gasteiger partial charge in [0.05, 0.1) is 20.1 Å². The van der Waals surface area contributed by atoms with E-state index in [2.05, 4.69) is 21.2 Å². The second kappa shape index (κ2) is 6.61. The van der Waals surface area contributed by atoms with Crippen LogP contribution in [0.1, 0.15) is 22.2 Å². The van der Waals surface area contributed by atoms with Crippen LogP contribution in [-0.2, 0) is 10.3 Å². The molecule has 1 N–H and O–H groups in total. The summed E-state index contributed by atoms with van der Waals surface area (Å²) in [4.78, 5) is 48.8. The number of amides is 3. The lowest BCUT2D eigenvalue weighted by Gasteiger charge is -2.21. The van der Waals surface area contributed by atoms with E-state index in [0.29, 0.717) is 10.4 Å². The van der Waals surface area contributed by atoms with Crippen molar-refractivity contribution in [3.63, 3.8) is 0 Å².